The Morgan fingerprint density at radius 3 is 2.45 bits per heavy atom. The van der Waals surface area contributed by atoms with Crippen molar-refractivity contribution < 1.29 is 9.72 Å². The Balaban J connectivity index is 3.04. The van der Waals surface area contributed by atoms with Crippen molar-refractivity contribution in [1.29, 1.82) is 0 Å². The number of nitrogens with zero attached hydrogens (tertiary/aromatic N) is 1. The van der Waals surface area contributed by atoms with Crippen LogP contribution in [-0.2, 0) is 0 Å². The molecular formula is C14H19ClN2O3. The summed E-state index contributed by atoms with van der Waals surface area (Å²) in [6.45, 7) is 5.54. The third-order valence-electron chi connectivity index (χ3n) is 3.66. The Morgan fingerprint density at radius 1 is 1.40 bits per heavy atom. The molecule has 5 nitrogen and oxygen atoms in total. The van der Waals surface area contributed by atoms with E-state index in [4.69, 9.17) is 11.6 Å². The summed E-state index contributed by atoms with van der Waals surface area (Å²) in [6, 6.07) is 4.46. The lowest BCUT2D eigenvalue weighted by Crippen LogP contribution is -2.49. The maximum absolute atomic E-state index is 12.2. The van der Waals surface area contributed by atoms with Crippen LogP contribution in [0.3, 0.4) is 0 Å². The number of carbonyl (C=O) groups is 1. The van der Waals surface area contributed by atoms with Gasteiger partial charge in [0.05, 0.1) is 10.5 Å². The minimum Gasteiger partial charge on any atom is -0.345 e. The number of hydrogen-bond donors (Lipinski definition) is 1. The minimum absolute atomic E-state index is 0.0536. The van der Waals surface area contributed by atoms with Crippen LogP contribution < -0.4 is 5.32 Å². The highest BCUT2D eigenvalue weighted by Crippen LogP contribution is 2.21. The number of amides is 1. The summed E-state index contributed by atoms with van der Waals surface area (Å²) in [5.41, 5.74) is 0.278. The van der Waals surface area contributed by atoms with E-state index in [1.54, 1.807) is 19.1 Å². The zero-order valence-corrected chi connectivity index (χ0v) is 12.7. The third-order valence-corrected chi connectivity index (χ3v) is 4.17. The van der Waals surface area contributed by atoms with Crippen LogP contribution in [0.15, 0.2) is 18.2 Å². The molecule has 1 aromatic carbocycles. The molecule has 1 rings (SSSR count). The molecule has 0 fully saturated rings. The molecule has 0 aliphatic heterocycles. The normalized spacial score (nSPS) is 11.2. The van der Waals surface area contributed by atoms with E-state index < -0.39 is 10.5 Å². The minimum atomic E-state index is -0.486. The van der Waals surface area contributed by atoms with Gasteiger partial charge in [0.25, 0.3) is 11.6 Å². The van der Waals surface area contributed by atoms with Gasteiger partial charge in [-0.3, -0.25) is 14.9 Å². The SMILES string of the molecule is CCC(CC)(CCl)NC(=O)c1ccc(C)c([N+](=O)[O-])c1. The molecule has 0 bridgehead atoms. The molecule has 20 heavy (non-hydrogen) atoms. The predicted octanol–water partition coefficient (Wildman–Crippen LogP) is 3.43. The topological polar surface area (TPSA) is 72.2 Å². The average Bonchev–Trinajstić information content (AvgIpc) is 2.45. The predicted molar refractivity (Wildman–Crippen MR) is 79.3 cm³/mol. The molecule has 0 saturated heterocycles. The zero-order valence-electron chi connectivity index (χ0n) is 11.9. The van der Waals surface area contributed by atoms with E-state index in [0.29, 0.717) is 24.3 Å². The maximum atomic E-state index is 12.2. The number of aryl methyl sites for hydroxylation is 1. The van der Waals surface area contributed by atoms with E-state index in [1.807, 2.05) is 13.8 Å². The number of hydrogen-bond acceptors (Lipinski definition) is 3. The molecule has 110 valence electrons. The van der Waals surface area contributed by atoms with Gasteiger partial charge in [-0.2, -0.15) is 0 Å². The Labute approximate surface area is 123 Å². The lowest BCUT2D eigenvalue weighted by atomic mass is 9.94. The van der Waals surface area contributed by atoms with Gasteiger partial charge in [0, 0.05) is 23.1 Å². The molecule has 0 unspecified atom stereocenters. The van der Waals surface area contributed by atoms with Gasteiger partial charge in [-0.05, 0) is 25.8 Å². The van der Waals surface area contributed by atoms with Gasteiger partial charge < -0.3 is 5.32 Å². The van der Waals surface area contributed by atoms with E-state index in [0.717, 1.165) is 0 Å². The molecule has 0 atom stereocenters. The van der Waals surface area contributed by atoms with Gasteiger partial charge in [0.15, 0.2) is 0 Å². The summed E-state index contributed by atoms with van der Waals surface area (Å²) >= 11 is 5.94. The van der Waals surface area contributed by atoms with Gasteiger partial charge in [-0.15, -0.1) is 11.6 Å². The van der Waals surface area contributed by atoms with E-state index >= 15 is 0 Å². The molecule has 1 amide bonds. The second kappa shape index (κ2) is 6.70. The van der Waals surface area contributed by atoms with Crippen LogP contribution in [0.25, 0.3) is 0 Å². The van der Waals surface area contributed by atoms with Crippen LogP contribution in [0.4, 0.5) is 5.69 Å². The number of carbonyl (C=O) groups excluding carboxylic acids is 1. The van der Waals surface area contributed by atoms with Crippen molar-refractivity contribution in [2.24, 2.45) is 0 Å². The molecular weight excluding hydrogens is 280 g/mol. The van der Waals surface area contributed by atoms with Crippen molar-refractivity contribution in [2.75, 3.05) is 5.88 Å². The van der Waals surface area contributed by atoms with Gasteiger partial charge in [0.2, 0.25) is 0 Å². The summed E-state index contributed by atoms with van der Waals surface area (Å²) in [5, 5.41) is 13.8. The maximum Gasteiger partial charge on any atom is 0.273 e. The Morgan fingerprint density at radius 2 is 2.00 bits per heavy atom. The van der Waals surface area contributed by atoms with Crippen molar-refractivity contribution in [1.82, 2.24) is 5.32 Å². The van der Waals surface area contributed by atoms with Crippen molar-refractivity contribution in [3.63, 3.8) is 0 Å². The molecule has 0 saturated carbocycles. The molecule has 0 radical (unpaired) electrons. The van der Waals surface area contributed by atoms with E-state index in [2.05, 4.69) is 5.32 Å². The number of rotatable bonds is 6. The molecule has 1 aromatic rings. The van der Waals surface area contributed by atoms with Gasteiger partial charge in [-0.25, -0.2) is 0 Å². The second-order valence-electron chi connectivity index (χ2n) is 4.83. The van der Waals surface area contributed by atoms with E-state index in [1.165, 1.54) is 6.07 Å². The van der Waals surface area contributed by atoms with Crippen LogP contribution >= 0.6 is 11.6 Å². The summed E-state index contributed by atoms with van der Waals surface area (Å²) in [4.78, 5) is 22.6. The molecule has 0 aromatic heterocycles. The second-order valence-corrected chi connectivity index (χ2v) is 5.10. The van der Waals surface area contributed by atoms with Crippen molar-refractivity contribution in [3.8, 4) is 0 Å². The fourth-order valence-electron chi connectivity index (χ4n) is 1.91. The Hall–Kier alpha value is -1.62. The first kappa shape index (κ1) is 16.4. The zero-order chi connectivity index (χ0) is 15.3. The fraction of sp³-hybridized carbons (Fsp3) is 0.500. The van der Waals surface area contributed by atoms with Crippen molar-refractivity contribution >= 4 is 23.2 Å². The molecule has 1 N–H and O–H groups in total. The monoisotopic (exact) mass is 298 g/mol. The number of nitro groups is 1. The molecule has 0 aliphatic carbocycles. The Kier molecular flexibility index (Phi) is 5.51. The molecule has 0 aliphatic rings. The molecule has 6 heteroatoms. The highest BCUT2D eigenvalue weighted by atomic mass is 35.5. The van der Waals surface area contributed by atoms with Crippen LogP contribution in [0.1, 0.15) is 42.6 Å². The van der Waals surface area contributed by atoms with Gasteiger partial charge in [0.1, 0.15) is 0 Å². The lowest BCUT2D eigenvalue weighted by molar-refractivity contribution is -0.385. The Bertz CT molecular complexity index is 505. The van der Waals surface area contributed by atoms with Crippen LogP contribution in [0.5, 0.6) is 0 Å². The van der Waals surface area contributed by atoms with Gasteiger partial charge >= 0.3 is 0 Å². The first-order valence-corrected chi connectivity index (χ1v) is 7.06. The first-order valence-electron chi connectivity index (χ1n) is 6.52. The van der Waals surface area contributed by atoms with Crippen molar-refractivity contribution in [3.05, 3.63) is 39.4 Å². The molecule has 0 heterocycles. The smallest absolute Gasteiger partial charge is 0.273 e. The van der Waals surface area contributed by atoms with Crippen LogP contribution in [0.2, 0.25) is 0 Å². The number of alkyl halides is 1. The number of nitrogens with one attached hydrogen (secondary N) is 1. The third kappa shape index (κ3) is 3.48. The van der Waals surface area contributed by atoms with Crippen LogP contribution in [-0.4, -0.2) is 22.2 Å². The lowest BCUT2D eigenvalue weighted by Gasteiger charge is -2.30. The largest absolute Gasteiger partial charge is 0.345 e. The highest BCUT2D eigenvalue weighted by molar-refractivity contribution is 6.19. The number of benzene rings is 1. The van der Waals surface area contributed by atoms with E-state index in [-0.39, 0.29) is 17.2 Å². The summed E-state index contributed by atoms with van der Waals surface area (Å²) in [7, 11) is 0. The first-order chi connectivity index (χ1) is 9.39. The van der Waals surface area contributed by atoms with Crippen LogP contribution in [0, 0.1) is 17.0 Å². The number of nitro benzene ring substituents is 1. The molecule has 0 spiro atoms. The number of halogens is 1. The fourth-order valence-corrected chi connectivity index (χ4v) is 2.35. The summed E-state index contributed by atoms with van der Waals surface area (Å²) < 4.78 is 0. The summed E-state index contributed by atoms with van der Waals surface area (Å²) in [5.74, 6) is -0.0304. The quantitative estimate of drug-likeness (QED) is 0.497. The van der Waals surface area contributed by atoms with E-state index in [9.17, 15) is 14.9 Å². The standard InChI is InChI=1S/C14H19ClN2O3/c1-4-14(5-2,9-15)16-13(18)11-7-6-10(3)12(8-11)17(19)20/h6-8H,4-5,9H2,1-3H3,(H,16,18). The van der Waals surface area contributed by atoms with Gasteiger partial charge in [-0.1, -0.05) is 19.9 Å². The summed E-state index contributed by atoms with van der Waals surface area (Å²) in [6.07, 6.45) is 1.40. The highest BCUT2D eigenvalue weighted by Gasteiger charge is 2.28. The average molecular weight is 299 g/mol. The van der Waals surface area contributed by atoms with Crippen molar-refractivity contribution in [2.45, 2.75) is 39.2 Å².